The summed E-state index contributed by atoms with van der Waals surface area (Å²) in [6.45, 7) is 3.26. The minimum atomic E-state index is 0.579. The molecule has 2 saturated carbocycles. The van der Waals surface area contributed by atoms with Crippen LogP contribution >= 0.6 is 0 Å². The Morgan fingerprint density at radius 3 is 2.79 bits per heavy atom. The number of tetrazole rings is 1. The van der Waals surface area contributed by atoms with Crippen LogP contribution in [0.1, 0.15) is 50.4 Å². The third-order valence-corrected chi connectivity index (χ3v) is 4.48. The van der Waals surface area contributed by atoms with Gasteiger partial charge in [0, 0.05) is 18.6 Å². The van der Waals surface area contributed by atoms with Gasteiger partial charge >= 0.3 is 0 Å². The van der Waals surface area contributed by atoms with E-state index < -0.39 is 0 Å². The van der Waals surface area contributed by atoms with Crippen molar-refractivity contribution in [3.63, 3.8) is 0 Å². The summed E-state index contributed by atoms with van der Waals surface area (Å²) in [7, 11) is 0. The van der Waals surface area contributed by atoms with Crippen LogP contribution in [0.2, 0.25) is 0 Å². The molecule has 3 aliphatic rings. The topological polar surface area (TPSA) is 58.9 Å². The molecule has 104 valence electrons. The number of hydrogen-bond donors (Lipinski definition) is 1. The highest BCUT2D eigenvalue weighted by Gasteiger charge is 2.34. The van der Waals surface area contributed by atoms with E-state index in [0.717, 1.165) is 25.0 Å². The van der Waals surface area contributed by atoms with E-state index in [1.807, 2.05) is 0 Å². The van der Waals surface area contributed by atoms with Gasteiger partial charge in [0.15, 0.2) is 5.82 Å². The summed E-state index contributed by atoms with van der Waals surface area (Å²) < 4.78 is 2.05. The summed E-state index contributed by atoms with van der Waals surface area (Å²) in [5.41, 5.74) is 0. The van der Waals surface area contributed by atoms with Gasteiger partial charge in [0.05, 0.1) is 12.6 Å². The Hall–Kier alpha value is -1.01. The smallest absolute Gasteiger partial charge is 0.165 e. The highest BCUT2D eigenvalue weighted by molar-refractivity contribution is 4.95. The molecular formula is C13H22N6. The van der Waals surface area contributed by atoms with Gasteiger partial charge in [0.25, 0.3) is 0 Å². The molecule has 6 nitrogen and oxygen atoms in total. The van der Waals surface area contributed by atoms with Gasteiger partial charge in [-0.15, -0.1) is 5.10 Å². The molecule has 0 bridgehead atoms. The molecule has 3 fully saturated rings. The molecule has 1 N–H and O–H groups in total. The second kappa shape index (κ2) is 4.83. The van der Waals surface area contributed by atoms with Crippen molar-refractivity contribution < 1.29 is 0 Å². The molecule has 0 spiro atoms. The van der Waals surface area contributed by atoms with Gasteiger partial charge in [-0.2, -0.15) is 0 Å². The predicted octanol–water partition coefficient (Wildman–Crippen LogP) is 0.724. The average Bonchev–Trinajstić information content (AvgIpc) is 3.35. The minimum Gasteiger partial charge on any atom is -0.313 e. The Balaban J connectivity index is 1.43. The highest BCUT2D eigenvalue weighted by Crippen LogP contribution is 2.35. The number of nitrogens with zero attached hydrogens (tertiary/aromatic N) is 5. The zero-order valence-corrected chi connectivity index (χ0v) is 11.3. The predicted molar refractivity (Wildman–Crippen MR) is 70.5 cm³/mol. The Bertz CT molecular complexity index is 430. The van der Waals surface area contributed by atoms with E-state index in [0.29, 0.717) is 12.1 Å². The Kier molecular flexibility index (Phi) is 3.00. The molecule has 4 rings (SSSR count). The molecule has 1 saturated heterocycles. The van der Waals surface area contributed by atoms with Gasteiger partial charge in [-0.1, -0.05) is 0 Å². The maximum absolute atomic E-state index is 4.24. The summed E-state index contributed by atoms with van der Waals surface area (Å²) in [5, 5.41) is 15.9. The van der Waals surface area contributed by atoms with E-state index in [4.69, 9.17) is 0 Å². The van der Waals surface area contributed by atoms with Crippen LogP contribution in [0.3, 0.4) is 0 Å². The molecule has 1 aliphatic heterocycles. The summed E-state index contributed by atoms with van der Waals surface area (Å²) in [6.07, 6.45) is 7.81. The average molecular weight is 262 g/mol. The Morgan fingerprint density at radius 2 is 2.11 bits per heavy atom. The number of aromatic nitrogens is 4. The van der Waals surface area contributed by atoms with Crippen LogP contribution in [0.15, 0.2) is 0 Å². The molecule has 1 unspecified atom stereocenters. The van der Waals surface area contributed by atoms with Crippen LogP contribution < -0.4 is 5.32 Å². The molecule has 0 amide bonds. The maximum atomic E-state index is 4.24. The third kappa shape index (κ3) is 2.65. The number of hydrogen-bond acceptors (Lipinski definition) is 5. The standard InChI is InChI=1S/C13H22N6/c1-2-10(14-7-1)8-18(11-3-4-11)9-13-15-16-17-19(13)12-5-6-12/h10-12,14H,1-9H2. The van der Waals surface area contributed by atoms with Crippen LogP contribution in [-0.2, 0) is 6.54 Å². The quantitative estimate of drug-likeness (QED) is 0.819. The van der Waals surface area contributed by atoms with Gasteiger partial charge in [-0.3, -0.25) is 4.90 Å². The first-order chi connectivity index (χ1) is 9.40. The molecule has 2 aliphatic carbocycles. The lowest BCUT2D eigenvalue weighted by Crippen LogP contribution is -2.39. The van der Waals surface area contributed by atoms with Crippen molar-refractivity contribution in [2.45, 2.75) is 63.2 Å². The lowest BCUT2D eigenvalue weighted by atomic mass is 10.2. The van der Waals surface area contributed by atoms with E-state index in [9.17, 15) is 0 Å². The molecule has 19 heavy (non-hydrogen) atoms. The fraction of sp³-hybridized carbons (Fsp3) is 0.923. The molecule has 1 aromatic rings. The van der Waals surface area contributed by atoms with E-state index in [1.165, 1.54) is 45.1 Å². The van der Waals surface area contributed by atoms with Crippen LogP contribution in [0.4, 0.5) is 0 Å². The molecule has 1 atom stereocenters. The zero-order valence-electron chi connectivity index (χ0n) is 11.3. The monoisotopic (exact) mass is 262 g/mol. The van der Waals surface area contributed by atoms with Gasteiger partial charge in [0.1, 0.15) is 0 Å². The van der Waals surface area contributed by atoms with Crippen LogP contribution in [0, 0.1) is 0 Å². The van der Waals surface area contributed by atoms with E-state index in [2.05, 4.69) is 30.4 Å². The van der Waals surface area contributed by atoms with Gasteiger partial charge in [-0.05, 0) is 55.5 Å². The lowest BCUT2D eigenvalue weighted by molar-refractivity contribution is 0.221. The van der Waals surface area contributed by atoms with E-state index in [-0.39, 0.29) is 0 Å². The summed E-state index contributed by atoms with van der Waals surface area (Å²) >= 11 is 0. The summed E-state index contributed by atoms with van der Waals surface area (Å²) in [4.78, 5) is 2.59. The minimum absolute atomic E-state index is 0.579. The normalized spacial score (nSPS) is 27.3. The SMILES string of the molecule is C1CNC(CN(Cc2nnnn2C2CC2)C2CC2)C1. The molecule has 0 radical (unpaired) electrons. The van der Waals surface area contributed by atoms with Crippen LogP contribution in [-0.4, -0.2) is 50.3 Å². The van der Waals surface area contributed by atoms with Gasteiger partial charge in [-0.25, -0.2) is 4.68 Å². The van der Waals surface area contributed by atoms with Crippen molar-refractivity contribution in [3.8, 4) is 0 Å². The van der Waals surface area contributed by atoms with Crippen molar-refractivity contribution >= 4 is 0 Å². The van der Waals surface area contributed by atoms with Crippen LogP contribution in [0.5, 0.6) is 0 Å². The number of nitrogens with one attached hydrogen (secondary N) is 1. The fourth-order valence-electron chi connectivity index (χ4n) is 3.08. The molecule has 0 aromatic carbocycles. The maximum Gasteiger partial charge on any atom is 0.165 e. The first-order valence-corrected chi connectivity index (χ1v) is 7.64. The summed E-state index contributed by atoms with van der Waals surface area (Å²) in [6, 6.07) is 2.02. The zero-order chi connectivity index (χ0) is 12.7. The highest BCUT2D eigenvalue weighted by atomic mass is 15.6. The Morgan fingerprint density at radius 1 is 1.21 bits per heavy atom. The molecule has 6 heteroatoms. The largest absolute Gasteiger partial charge is 0.313 e. The third-order valence-electron chi connectivity index (χ3n) is 4.48. The molecule has 2 heterocycles. The molecule has 1 aromatic heterocycles. The summed E-state index contributed by atoms with van der Waals surface area (Å²) in [5.74, 6) is 1.06. The first kappa shape index (κ1) is 11.8. The van der Waals surface area contributed by atoms with Crippen molar-refractivity contribution in [3.05, 3.63) is 5.82 Å². The Labute approximate surface area is 113 Å². The second-order valence-electron chi connectivity index (χ2n) is 6.22. The van der Waals surface area contributed by atoms with E-state index >= 15 is 0 Å². The van der Waals surface area contributed by atoms with Gasteiger partial charge in [0.2, 0.25) is 0 Å². The first-order valence-electron chi connectivity index (χ1n) is 7.64. The molecular weight excluding hydrogens is 240 g/mol. The van der Waals surface area contributed by atoms with Gasteiger partial charge < -0.3 is 5.32 Å². The van der Waals surface area contributed by atoms with Crippen molar-refractivity contribution in [2.24, 2.45) is 0 Å². The van der Waals surface area contributed by atoms with Crippen molar-refractivity contribution in [1.82, 2.24) is 30.4 Å². The second-order valence-corrected chi connectivity index (χ2v) is 6.22. The lowest BCUT2D eigenvalue weighted by Gasteiger charge is -2.24. The van der Waals surface area contributed by atoms with Crippen molar-refractivity contribution in [1.29, 1.82) is 0 Å². The van der Waals surface area contributed by atoms with Crippen LogP contribution in [0.25, 0.3) is 0 Å². The van der Waals surface area contributed by atoms with E-state index in [1.54, 1.807) is 0 Å². The number of rotatable bonds is 6. The van der Waals surface area contributed by atoms with Crippen molar-refractivity contribution in [2.75, 3.05) is 13.1 Å². The fourth-order valence-corrected chi connectivity index (χ4v) is 3.08.